The van der Waals surface area contributed by atoms with Crippen molar-refractivity contribution in [2.24, 2.45) is 17.1 Å². The molecule has 29 heavy (non-hydrogen) atoms. The monoisotopic (exact) mass is 399 g/mol. The number of allylic oxidation sites excluding steroid dienone is 2. The number of nitrogens with two attached hydrogens (primary N) is 1. The highest BCUT2D eigenvalue weighted by molar-refractivity contribution is 5.59. The standard InChI is InChI=1S/C20H16F3N5O/c1-28-7-6-14-15(8-24)18(27)19(10-25,11-26)17(16(14)9-28)12-2-4-13(5-3-12)29-20(21,22)23/h2-6,16-17H,7,9,27H2,1H3/t16-,17-/m0/s1. The fourth-order valence-corrected chi connectivity index (χ4v) is 4.08. The topological polar surface area (TPSA) is 110 Å². The van der Waals surface area contributed by atoms with Crippen molar-refractivity contribution in [3.05, 3.63) is 52.7 Å². The molecule has 148 valence electrons. The van der Waals surface area contributed by atoms with Crippen LogP contribution >= 0.6 is 0 Å². The van der Waals surface area contributed by atoms with Crippen molar-refractivity contribution in [3.63, 3.8) is 0 Å². The van der Waals surface area contributed by atoms with Crippen LogP contribution in [0.15, 0.2) is 47.2 Å². The summed E-state index contributed by atoms with van der Waals surface area (Å²) in [7, 11) is 1.86. The van der Waals surface area contributed by atoms with E-state index in [0.29, 0.717) is 24.2 Å². The van der Waals surface area contributed by atoms with Gasteiger partial charge in [-0.2, -0.15) is 15.8 Å². The lowest BCUT2D eigenvalue weighted by Gasteiger charge is -2.45. The molecule has 9 heteroatoms. The highest BCUT2D eigenvalue weighted by atomic mass is 19.4. The van der Waals surface area contributed by atoms with Gasteiger partial charge in [-0.25, -0.2) is 0 Å². The Morgan fingerprint density at radius 2 is 1.79 bits per heavy atom. The van der Waals surface area contributed by atoms with Crippen LogP contribution in [0.5, 0.6) is 5.75 Å². The van der Waals surface area contributed by atoms with E-state index in [-0.39, 0.29) is 11.3 Å². The third kappa shape index (κ3) is 3.40. The quantitative estimate of drug-likeness (QED) is 0.819. The van der Waals surface area contributed by atoms with Gasteiger partial charge in [-0.15, -0.1) is 13.2 Å². The molecular weight excluding hydrogens is 383 g/mol. The molecule has 2 atom stereocenters. The molecule has 0 aromatic heterocycles. The first-order valence-electron chi connectivity index (χ1n) is 8.64. The number of hydrogen-bond acceptors (Lipinski definition) is 6. The molecular formula is C20H16F3N5O. The van der Waals surface area contributed by atoms with Gasteiger partial charge in [0.25, 0.3) is 0 Å². The van der Waals surface area contributed by atoms with E-state index < -0.39 is 29.4 Å². The molecule has 0 saturated heterocycles. The van der Waals surface area contributed by atoms with E-state index in [1.54, 1.807) is 0 Å². The summed E-state index contributed by atoms with van der Waals surface area (Å²) in [5.41, 5.74) is 5.46. The molecule has 0 bridgehead atoms. The van der Waals surface area contributed by atoms with Crippen molar-refractivity contribution in [2.75, 3.05) is 20.1 Å². The molecule has 2 aliphatic rings. The highest BCUT2D eigenvalue weighted by Gasteiger charge is 2.54. The van der Waals surface area contributed by atoms with E-state index in [1.165, 1.54) is 12.1 Å². The Hall–Kier alpha value is -3.48. The summed E-state index contributed by atoms with van der Waals surface area (Å²) in [5, 5.41) is 29.4. The predicted molar refractivity (Wildman–Crippen MR) is 95.4 cm³/mol. The molecule has 6 nitrogen and oxygen atoms in total. The van der Waals surface area contributed by atoms with Crippen molar-refractivity contribution in [1.82, 2.24) is 4.90 Å². The zero-order chi connectivity index (χ0) is 21.4. The van der Waals surface area contributed by atoms with Crippen molar-refractivity contribution in [2.45, 2.75) is 12.3 Å². The lowest BCUT2D eigenvalue weighted by Crippen LogP contribution is -2.47. The van der Waals surface area contributed by atoms with Gasteiger partial charge in [-0.3, -0.25) is 0 Å². The lowest BCUT2D eigenvalue weighted by molar-refractivity contribution is -0.274. The van der Waals surface area contributed by atoms with Crippen molar-refractivity contribution < 1.29 is 17.9 Å². The second-order valence-corrected chi connectivity index (χ2v) is 7.01. The summed E-state index contributed by atoms with van der Waals surface area (Å²) in [6.45, 7) is 1.03. The van der Waals surface area contributed by atoms with Crippen LogP contribution in [0, 0.1) is 45.3 Å². The number of nitriles is 3. The van der Waals surface area contributed by atoms with Gasteiger partial charge >= 0.3 is 6.36 Å². The molecule has 0 fully saturated rings. The van der Waals surface area contributed by atoms with E-state index >= 15 is 0 Å². The summed E-state index contributed by atoms with van der Waals surface area (Å²) in [5.74, 6) is -1.57. The van der Waals surface area contributed by atoms with Gasteiger partial charge in [0.2, 0.25) is 0 Å². The number of likely N-dealkylation sites (N-methyl/N-ethyl adjacent to an activating group) is 1. The lowest BCUT2D eigenvalue weighted by atomic mass is 9.58. The largest absolute Gasteiger partial charge is 0.573 e. The molecule has 1 heterocycles. The van der Waals surface area contributed by atoms with Crippen LogP contribution in [0.25, 0.3) is 0 Å². The third-order valence-corrected chi connectivity index (χ3v) is 5.32. The summed E-state index contributed by atoms with van der Waals surface area (Å²) in [6, 6.07) is 11.0. The average molecular weight is 399 g/mol. The van der Waals surface area contributed by atoms with Gasteiger partial charge in [0.15, 0.2) is 5.41 Å². The van der Waals surface area contributed by atoms with Gasteiger partial charge in [-0.05, 0) is 30.3 Å². The molecule has 2 N–H and O–H groups in total. The number of hydrogen-bond donors (Lipinski definition) is 1. The summed E-state index contributed by atoms with van der Waals surface area (Å²) in [4.78, 5) is 1.97. The Bertz CT molecular complexity index is 991. The van der Waals surface area contributed by atoms with E-state index in [1.807, 2.05) is 36.2 Å². The van der Waals surface area contributed by atoms with Crippen molar-refractivity contribution >= 4 is 0 Å². The molecule has 0 amide bonds. The third-order valence-electron chi connectivity index (χ3n) is 5.32. The molecule has 0 radical (unpaired) electrons. The summed E-state index contributed by atoms with van der Waals surface area (Å²) < 4.78 is 41.3. The van der Waals surface area contributed by atoms with Gasteiger partial charge < -0.3 is 15.4 Å². The average Bonchev–Trinajstić information content (AvgIpc) is 2.67. The number of fused-ring (bicyclic) bond motifs is 1. The molecule has 1 aliphatic heterocycles. The first-order valence-corrected chi connectivity index (χ1v) is 8.64. The minimum absolute atomic E-state index is 0.125. The maximum atomic E-state index is 12.5. The van der Waals surface area contributed by atoms with Crippen LogP contribution in [0.2, 0.25) is 0 Å². The Labute approximate surface area is 165 Å². The fraction of sp³-hybridized carbons (Fsp3) is 0.350. The zero-order valence-corrected chi connectivity index (χ0v) is 15.4. The van der Waals surface area contributed by atoms with Crippen molar-refractivity contribution in [1.29, 1.82) is 15.8 Å². The summed E-state index contributed by atoms with van der Waals surface area (Å²) >= 11 is 0. The molecule has 0 unspecified atom stereocenters. The molecule has 3 rings (SSSR count). The Morgan fingerprint density at radius 3 is 2.31 bits per heavy atom. The maximum absolute atomic E-state index is 12.5. The highest BCUT2D eigenvalue weighted by Crippen LogP contribution is 2.54. The first-order chi connectivity index (χ1) is 13.7. The first kappa shape index (κ1) is 20.3. The fourth-order valence-electron chi connectivity index (χ4n) is 4.08. The van der Waals surface area contributed by atoms with E-state index in [2.05, 4.69) is 4.74 Å². The van der Waals surface area contributed by atoms with Crippen LogP contribution in [-0.2, 0) is 0 Å². The van der Waals surface area contributed by atoms with E-state index in [0.717, 1.165) is 12.1 Å². The van der Waals surface area contributed by atoms with Crippen LogP contribution in [0.1, 0.15) is 11.5 Å². The molecule has 1 aromatic rings. The number of rotatable bonds is 2. The smallest absolute Gasteiger partial charge is 0.406 e. The molecule has 0 spiro atoms. The second-order valence-electron chi connectivity index (χ2n) is 7.01. The van der Waals surface area contributed by atoms with Gasteiger partial charge in [0, 0.05) is 24.9 Å². The van der Waals surface area contributed by atoms with Crippen molar-refractivity contribution in [3.8, 4) is 24.0 Å². The number of halogens is 3. The normalized spacial score (nSPS) is 23.8. The Kier molecular flexibility index (Phi) is 5.00. The van der Waals surface area contributed by atoms with E-state index in [9.17, 15) is 29.0 Å². The predicted octanol–water partition coefficient (Wildman–Crippen LogP) is 2.94. The minimum Gasteiger partial charge on any atom is -0.406 e. The van der Waals surface area contributed by atoms with Gasteiger partial charge in [0.05, 0.1) is 23.4 Å². The molecule has 1 aliphatic carbocycles. The Morgan fingerprint density at radius 1 is 1.17 bits per heavy atom. The van der Waals surface area contributed by atoms with Crippen LogP contribution in [0.3, 0.4) is 0 Å². The Balaban J connectivity index is 2.17. The minimum atomic E-state index is -4.83. The number of alkyl halides is 3. The van der Waals surface area contributed by atoms with Gasteiger partial charge in [-0.1, -0.05) is 18.2 Å². The van der Waals surface area contributed by atoms with Crippen LogP contribution < -0.4 is 10.5 Å². The number of nitrogens with zero attached hydrogens (tertiary/aromatic N) is 4. The van der Waals surface area contributed by atoms with Crippen LogP contribution in [0.4, 0.5) is 13.2 Å². The van der Waals surface area contributed by atoms with Crippen LogP contribution in [-0.4, -0.2) is 31.4 Å². The second kappa shape index (κ2) is 7.16. The SMILES string of the molecule is CN1CC=C2C(C#N)=C(N)C(C#N)(C#N)[C@@H](c3ccc(OC(F)(F)F)cc3)[C@H]2C1. The summed E-state index contributed by atoms with van der Waals surface area (Å²) in [6.07, 6.45) is -2.99. The number of ether oxygens (including phenoxy) is 1. The van der Waals surface area contributed by atoms with Gasteiger partial charge in [0.1, 0.15) is 11.8 Å². The molecule has 1 aromatic carbocycles. The van der Waals surface area contributed by atoms with E-state index in [4.69, 9.17) is 5.73 Å². The molecule has 0 saturated carbocycles. The number of benzene rings is 1. The zero-order valence-electron chi connectivity index (χ0n) is 15.4. The maximum Gasteiger partial charge on any atom is 0.573 e.